The highest BCUT2D eigenvalue weighted by atomic mass is 32.1. The van der Waals surface area contributed by atoms with Gasteiger partial charge in [0.25, 0.3) is 0 Å². The standard InChI is InChI=1S/C23H33N5O2S/c1-30-21-5-3-2-4-20(21)18-26-13-15-28(16-14-26)23(29)19-27-11-9-25(10-12-27)8-6-22-24-7-17-31-22/h2-5,7,17H,6,8-16,18-19H2,1H3. The molecule has 2 aromatic rings. The third kappa shape index (κ3) is 6.26. The molecule has 8 heteroatoms. The van der Waals surface area contributed by atoms with Gasteiger partial charge in [-0.3, -0.25) is 14.6 Å². The Labute approximate surface area is 189 Å². The molecule has 1 aromatic heterocycles. The third-order valence-corrected chi connectivity index (χ3v) is 7.10. The average Bonchev–Trinajstić information content (AvgIpc) is 3.33. The van der Waals surface area contributed by atoms with Crippen molar-refractivity contribution in [3.8, 4) is 5.75 Å². The van der Waals surface area contributed by atoms with E-state index in [1.165, 1.54) is 10.6 Å². The van der Waals surface area contributed by atoms with Gasteiger partial charge in [0, 0.05) is 89.0 Å². The molecule has 0 bridgehead atoms. The summed E-state index contributed by atoms with van der Waals surface area (Å²) in [5.41, 5.74) is 1.21. The Morgan fingerprint density at radius 3 is 2.42 bits per heavy atom. The smallest absolute Gasteiger partial charge is 0.236 e. The van der Waals surface area contributed by atoms with Crippen LogP contribution in [-0.4, -0.2) is 103 Å². The maximum absolute atomic E-state index is 12.8. The third-order valence-electron chi connectivity index (χ3n) is 6.26. The predicted molar refractivity (Wildman–Crippen MR) is 124 cm³/mol. The first-order valence-corrected chi connectivity index (χ1v) is 12.0. The maximum Gasteiger partial charge on any atom is 0.236 e. The van der Waals surface area contributed by atoms with Crippen LogP contribution in [0.4, 0.5) is 0 Å². The number of nitrogens with zero attached hydrogens (tertiary/aromatic N) is 5. The van der Waals surface area contributed by atoms with E-state index in [0.29, 0.717) is 6.54 Å². The van der Waals surface area contributed by atoms with Crippen molar-refractivity contribution in [2.24, 2.45) is 0 Å². The fraction of sp³-hybridized carbons (Fsp3) is 0.565. The zero-order valence-corrected chi connectivity index (χ0v) is 19.2. The molecule has 2 aliphatic heterocycles. The van der Waals surface area contributed by atoms with Crippen molar-refractivity contribution in [3.05, 3.63) is 46.4 Å². The number of methoxy groups -OCH3 is 1. The van der Waals surface area contributed by atoms with Crippen LogP contribution in [0, 0.1) is 0 Å². The van der Waals surface area contributed by atoms with Crippen molar-refractivity contribution in [2.75, 3.05) is 72.6 Å². The van der Waals surface area contributed by atoms with Crippen LogP contribution in [-0.2, 0) is 17.8 Å². The molecule has 0 spiro atoms. The van der Waals surface area contributed by atoms with Gasteiger partial charge in [0.15, 0.2) is 0 Å². The van der Waals surface area contributed by atoms with E-state index in [9.17, 15) is 4.79 Å². The molecule has 0 atom stereocenters. The highest BCUT2D eigenvalue weighted by Gasteiger charge is 2.25. The van der Waals surface area contributed by atoms with Crippen molar-refractivity contribution in [2.45, 2.75) is 13.0 Å². The van der Waals surface area contributed by atoms with Crippen molar-refractivity contribution in [1.29, 1.82) is 0 Å². The molecule has 2 saturated heterocycles. The highest BCUT2D eigenvalue weighted by Crippen LogP contribution is 2.20. The number of ether oxygens (including phenoxy) is 1. The minimum atomic E-state index is 0.271. The number of benzene rings is 1. The number of carbonyl (C=O) groups excluding carboxylic acids is 1. The van der Waals surface area contributed by atoms with Gasteiger partial charge in [-0.25, -0.2) is 4.98 Å². The number of carbonyl (C=O) groups is 1. The Kier molecular flexibility index (Phi) is 7.91. The number of amides is 1. The van der Waals surface area contributed by atoms with Gasteiger partial charge in [-0.2, -0.15) is 0 Å². The summed E-state index contributed by atoms with van der Waals surface area (Å²) in [4.78, 5) is 26.4. The van der Waals surface area contributed by atoms with E-state index < -0.39 is 0 Å². The van der Waals surface area contributed by atoms with Crippen LogP contribution < -0.4 is 4.74 Å². The number of para-hydroxylation sites is 1. The minimum Gasteiger partial charge on any atom is -0.496 e. The van der Waals surface area contributed by atoms with Gasteiger partial charge in [-0.1, -0.05) is 18.2 Å². The lowest BCUT2D eigenvalue weighted by Gasteiger charge is -2.38. The van der Waals surface area contributed by atoms with Gasteiger partial charge in [0.1, 0.15) is 5.75 Å². The van der Waals surface area contributed by atoms with Gasteiger partial charge in [0.2, 0.25) is 5.91 Å². The Morgan fingerprint density at radius 2 is 1.71 bits per heavy atom. The van der Waals surface area contributed by atoms with E-state index in [0.717, 1.165) is 77.6 Å². The van der Waals surface area contributed by atoms with Crippen molar-refractivity contribution < 1.29 is 9.53 Å². The van der Waals surface area contributed by atoms with Gasteiger partial charge >= 0.3 is 0 Å². The molecule has 0 saturated carbocycles. The summed E-state index contributed by atoms with van der Waals surface area (Å²) in [6, 6.07) is 8.18. The van der Waals surface area contributed by atoms with Crippen LogP contribution in [0.25, 0.3) is 0 Å². The van der Waals surface area contributed by atoms with Gasteiger partial charge in [-0.15, -0.1) is 11.3 Å². The topological polar surface area (TPSA) is 52.2 Å². The van der Waals surface area contributed by atoms with Gasteiger partial charge in [-0.05, 0) is 6.07 Å². The van der Waals surface area contributed by atoms with Crippen LogP contribution in [0.1, 0.15) is 10.6 Å². The normalized spacial score (nSPS) is 18.9. The van der Waals surface area contributed by atoms with E-state index in [4.69, 9.17) is 4.74 Å². The van der Waals surface area contributed by atoms with Crippen LogP contribution in [0.15, 0.2) is 35.8 Å². The van der Waals surface area contributed by atoms with Crippen LogP contribution in [0.5, 0.6) is 5.75 Å². The molecule has 4 rings (SSSR count). The molecule has 0 unspecified atom stereocenters. The molecule has 0 N–H and O–H groups in total. The van der Waals surface area contributed by atoms with Crippen molar-refractivity contribution >= 4 is 17.2 Å². The monoisotopic (exact) mass is 443 g/mol. The first kappa shape index (κ1) is 22.2. The lowest BCUT2D eigenvalue weighted by molar-refractivity contribution is -0.134. The Bertz CT molecular complexity index is 815. The SMILES string of the molecule is COc1ccccc1CN1CCN(C(=O)CN2CCN(CCc3nccs3)CC2)CC1. The fourth-order valence-corrected chi connectivity index (χ4v) is 4.93. The van der Waals surface area contributed by atoms with Crippen LogP contribution in [0.2, 0.25) is 0 Å². The molecule has 2 fully saturated rings. The molecule has 31 heavy (non-hydrogen) atoms. The number of piperazine rings is 2. The number of aromatic nitrogens is 1. The van der Waals surface area contributed by atoms with Gasteiger partial charge in [0.05, 0.1) is 18.7 Å². The highest BCUT2D eigenvalue weighted by molar-refractivity contribution is 7.09. The second-order valence-corrected chi connectivity index (χ2v) is 9.24. The fourth-order valence-electron chi connectivity index (χ4n) is 4.32. The molecule has 168 valence electrons. The lowest BCUT2D eigenvalue weighted by atomic mass is 10.1. The largest absolute Gasteiger partial charge is 0.496 e. The molecule has 3 heterocycles. The van der Waals surface area contributed by atoms with E-state index in [1.54, 1.807) is 18.4 Å². The lowest BCUT2D eigenvalue weighted by Crippen LogP contribution is -2.53. The number of thiazole rings is 1. The van der Waals surface area contributed by atoms with E-state index in [1.807, 2.05) is 28.6 Å². The second-order valence-electron chi connectivity index (χ2n) is 8.26. The van der Waals surface area contributed by atoms with Crippen molar-refractivity contribution in [1.82, 2.24) is 24.6 Å². The summed E-state index contributed by atoms with van der Waals surface area (Å²) in [7, 11) is 1.72. The molecule has 1 aromatic carbocycles. The summed E-state index contributed by atoms with van der Waals surface area (Å²) >= 11 is 1.73. The maximum atomic E-state index is 12.8. The average molecular weight is 444 g/mol. The quantitative estimate of drug-likeness (QED) is 0.619. The molecule has 0 radical (unpaired) electrons. The van der Waals surface area contributed by atoms with Crippen LogP contribution >= 0.6 is 11.3 Å². The molecule has 2 aliphatic rings. The first-order chi connectivity index (χ1) is 15.2. The molecule has 0 aliphatic carbocycles. The number of rotatable bonds is 8. The molecular weight excluding hydrogens is 410 g/mol. The molecule has 1 amide bonds. The van der Waals surface area contributed by atoms with Gasteiger partial charge < -0.3 is 14.5 Å². The summed E-state index contributed by atoms with van der Waals surface area (Å²) in [6.07, 6.45) is 2.90. The molecule has 7 nitrogen and oxygen atoms in total. The minimum absolute atomic E-state index is 0.271. The number of hydrogen-bond acceptors (Lipinski definition) is 7. The number of hydrogen-bond donors (Lipinski definition) is 0. The van der Waals surface area contributed by atoms with E-state index in [2.05, 4.69) is 31.8 Å². The molecular formula is C23H33N5O2S. The summed E-state index contributed by atoms with van der Waals surface area (Å²) in [5, 5.41) is 3.25. The summed E-state index contributed by atoms with van der Waals surface area (Å²) in [6.45, 7) is 9.92. The van der Waals surface area contributed by atoms with E-state index >= 15 is 0 Å². The Balaban J connectivity index is 1.15. The zero-order valence-electron chi connectivity index (χ0n) is 18.4. The van der Waals surface area contributed by atoms with E-state index in [-0.39, 0.29) is 5.91 Å². The predicted octanol–water partition coefficient (Wildman–Crippen LogP) is 1.66. The Hall–Kier alpha value is -2.00. The Morgan fingerprint density at radius 1 is 1.00 bits per heavy atom. The van der Waals surface area contributed by atoms with Crippen LogP contribution in [0.3, 0.4) is 0 Å². The first-order valence-electron chi connectivity index (χ1n) is 11.2. The summed E-state index contributed by atoms with van der Waals surface area (Å²) < 4.78 is 5.47. The zero-order chi connectivity index (χ0) is 21.5. The van der Waals surface area contributed by atoms with Crippen molar-refractivity contribution in [3.63, 3.8) is 0 Å². The second kappa shape index (κ2) is 11.0. The summed E-state index contributed by atoms with van der Waals surface area (Å²) in [5.74, 6) is 1.21.